The first-order valence-corrected chi connectivity index (χ1v) is 6.64. The van der Waals surface area contributed by atoms with Crippen molar-refractivity contribution in [3.63, 3.8) is 0 Å². The molecule has 1 saturated heterocycles. The standard InChI is InChI=1S/C14H19N3O3/c1-9(13(18)17-6-2-3-7-17)20-14(19)11-5-4-10(15)8-12(11)16/h4-5,8-9H,2-3,6-7,15-16H2,1H3. The summed E-state index contributed by atoms with van der Waals surface area (Å²) >= 11 is 0. The Morgan fingerprint density at radius 3 is 2.50 bits per heavy atom. The molecule has 1 aromatic rings. The van der Waals surface area contributed by atoms with Gasteiger partial charge in [-0.2, -0.15) is 0 Å². The molecule has 1 aliphatic rings. The molecule has 1 amide bonds. The van der Waals surface area contributed by atoms with Crippen LogP contribution in [0.5, 0.6) is 0 Å². The molecule has 1 unspecified atom stereocenters. The molecule has 6 heteroatoms. The molecule has 1 atom stereocenters. The molecule has 1 aromatic carbocycles. The largest absolute Gasteiger partial charge is 0.449 e. The molecular formula is C14H19N3O3. The Morgan fingerprint density at radius 1 is 1.25 bits per heavy atom. The molecule has 6 nitrogen and oxygen atoms in total. The number of carbonyl (C=O) groups excluding carboxylic acids is 2. The van der Waals surface area contributed by atoms with Gasteiger partial charge >= 0.3 is 5.97 Å². The molecule has 0 saturated carbocycles. The summed E-state index contributed by atoms with van der Waals surface area (Å²) in [7, 11) is 0. The van der Waals surface area contributed by atoms with E-state index < -0.39 is 12.1 Å². The zero-order chi connectivity index (χ0) is 14.7. The second kappa shape index (κ2) is 5.81. The summed E-state index contributed by atoms with van der Waals surface area (Å²) in [5.74, 6) is -0.771. The fraction of sp³-hybridized carbons (Fsp3) is 0.429. The molecule has 1 heterocycles. The predicted octanol–water partition coefficient (Wildman–Crippen LogP) is 1.02. The van der Waals surface area contributed by atoms with E-state index in [4.69, 9.17) is 16.2 Å². The third-order valence-electron chi connectivity index (χ3n) is 3.34. The minimum Gasteiger partial charge on any atom is -0.449 e. The lowest BCUT2D eigenvalue weighted by molar-refractivity contribution is -0.138. The maximum atomic E-state index is 12.0. The van der Waals surface area contributed by atoms with Gasteiger partial charge < -0.3 is 21.1 Å². The molecule has 0 bridgehead atoms. The van der Waals surface area contributed by atoms with Crippen LogP contribution in [0.4, 0.5) is 11.4 Å². The predicted molar refractivity (Wildman–Crippen MR) is 76.0 cm³/mol. The number of hydrogen-bond acceptors (Lipinski definition) is 5. The second-order valence-electron chi connectivity index (χ2n) is 4.93. The first kappa shape index (κ1) is 14.2. The summed E-state index contributed by atoms with van der Waals surface area (Å²) in [6, 6.07) is 4.56. The van der Waals surface area contributed by atoms with Crippen molar-refractivity contribution >= 4 is 23.3 Å². The van der Waals surface area contributed by atoms with Crippen LogP contribution in [0.25, 0.3) is 0 Å². The third kappa shape index (κ3) is 3.01. The van der Waals surface area contributed by atoms with Crippen LogP contribution in [-0.2, 0) is 9.53 Å². The summed E-state index contributed by atoms with van der Waals surface area (Å²) in [6.07, 6.45) is 1.19. The van der Waals surface area contributed by atoms with Gasteiger partial charge in [0, 0.05) is 24.5 Å². The fourth-order valence-electron chi connectivity index (χ4n) is 2.24. The number of nitrogens with zero attached hydrogens (tertiary/aromatic N) is 1. The Balaban J connectivity index is 2.01. The van der Waals surface area contributed by atoms with Gasteiger partial charge in [-0.1, -0.05) is 0 Å². The number of likely N-dealkylation sites (tertiary alicyclic amines) is 1. The van der Waals surface area contributed by atoms with Crippen molar-refractivity contribution in [2.45, 2.75) is 25.9 Å². The lowest BCUT2D eigenvalue weighted by Crippen LogP contribution is -2.38. The van der Waals surface area contributed by atoms with E-state index in [1.165, 1.54) is 12.1 Å². The van der Waals surface area contributed by atoms with Crippen LogP contribution in [-0.4, -0.2) is 36.0 Å². The molecule has 0 radical (unpaired) electrons. The van der Waals surface area contributed by atoms with Gasteiger partial charge in [0.15, 0.2) is 6.10 Å². The Morgan fingerprint density at radius 2 is 1.90 bits per heavy atom. The van der Waals surface area contributed by atoms with Crippen molar-refractivity contribution in [3.05, 3.63) is 23.8 Å². The highest BCUT2D eigenvalue weighted by atomic mass is 16.5. The average Bonchev–Trinajstić information content (AvgIpc) is 2.91. The van der Waals surface area contributed by atoms with Crippen LogP contribution >= 0.6 is 0 Å². The van der Waals surface area contributed by atoms with Gasteiger partial charge in [0.05, 0.1) is 5.56 Å². The first-order valence-electron chi connectivity index (χ1n) is 6.64. The van der Waals surface area contributed by atoms with E-state index in [1.54, 1.807) is 17.9 Å². The smallest absolute Gasteiger partial charge is 0.341 e. The van der Waals surface area contributed by atoms with Crippen molar-refractivity contribution in [1.82, 2.24) is 4.90 Å². The van der Waals surface area contributed by atoms with Crippen LogP contribution in [0.1, 0.15) is 30.1 Å². The van der Waals surface area contributed by atoms with Crippen molar-refractivity contribution in [2.75, 3.05) is 24.6 Å². The van der Waals surface area contributed by atoms with Crippen molar-refractivity contribution in [3.8, 4) is 0 Å². The molecule has 1 fully saturated rings. The molecule has 0 aromatic heterocycles. The molecular weight excluding hydrogens is 258 g/mol. The molecule has 20 heavy (non-hydrogen) atoms. The molecule has 2 rings (SSSR count). The van der Waals surface area contributed by atoms with Crippen LogP contribution < -0.4 is 11.5 Å². The van der Waals surface area contributed by atoms with Crippen LogP contribution in [0.3, 0.4) is 0 Å². The Bertz CT molecular complexity index is 524. The number of esters is 1. The van der Waals surface area contributed by atoms with Crippen molar-refractivity contribution in [2.24, 2.45) is 0 Å². The minimum absolute atomic E-state index is 0.162. The SMILES string of the molecule is CC(OC(=O)c1ccc(N)cc1N)C(=O)N1CCCC1. The number of nitrogen functional groups attached to an aromatic ring is 2. The van der Waals surface area contributed by atoms with E-state index in [-0.39, 0.29) is 17.2 Å². The highest BCUT2D eigenvalue weighted by molar-refractivity contribution is 5.97. The minimum atomic E-state index is -0.808. The molecule has 108 valence electrons. The average molecular weight is 277 g/mol. The van der Waals surface area contributed by atoms with E-state index in [9.17, 15) is 9.59 Å². The number of ether oxygens (including phenoxy) is 1. The number of benzene rings is 1. The fourth-order valence-corrected chi connectivity index (χ4v) is 2.24. The van der Waals surface area contributed by atoms with Crippen LogP contribution in [0.15, 0.2) is 18.2 Å². The first-order chi connectivity index (χ1) is 9.49. The zero-order valence-corrected chi connectivity index (χ0v) is 11.5. The third-order valence-corrected chi connectivity index (χ3v) is 3.34. The molecule has 0 spiro atoms. The Kier molecular flexibility index (Phi) is 4.12. The number of anilines is 2. The topological polar surface area (TPSA) is 98.6 Å². The van der Waals surface area contributed by atoms with Crippen LogP contribution in [0.2, 0.25) is 0 Å². The van der Waals surface area contributed by atoms with Crippen molar-refractivity contribution < 1.29 is 14.3 Å². The maximum Gasteiger partial charge on any atom is 0.341 e. The molecule has 1 aliphatic heterocycles. The van der Waals surface area contributed by atoms with Crippen molar-refractivity contribution in [1.29, 1.82) is 0 Å². The van der Waals surface area contributed by atoms with Crippen LogP contribution in [0, 0.1) is 0 Å². The van der Waals surface area contributed by atoms with Gasteiger partial charge in [0.25, 0.3) is 5.91 Å². The zero-order valence-electron chi connectivity index (χ0n) is 11.5. The Labute approximate surface area is 117 Å². The van der Waals surface area contributed by atoms with Gasteiger partial charge in [0.1, 0.15) is 0 Å². The van der Waals surface area contributed by atoms with Gasteiger partial charge in [-0.3, -0.25) is 4.79 Å². The number of carbonyl (C=O) groups is 2. The lowest BCUT2D eigenvalue weighted by atomic mass is 10.1. The number of hydrogen-bond donors (Lipinski definition) is 2. The Hall–Kier alpha value is -2.24. The summed E-state index contributed by atoms with van der Waals surface area (Å²) in [5.41, 5.74) is 12.2. The summed E-state index contributed by atoms with van der Waals surface area (Å²) in [4.78, 5) is 25.8. The van der Waals surface area contributed by atoms with Gasteiger partial charge in [0.2, 0.25) is 0 Å². The normalized spacial score (nSPS) is 15.9. The number of amides is 1. The highest BCUT2D eigenvalue weighted by Gasteiger charge is 2.26. The van der Waals surface area contributed by atoms with E-state index in [0.29, 0.717) is 5.69 Å². The molecule has 4 N–H and O–H groups in total. The summed E-state index contributed by atoms with van der Waals surface area (Å²) < 4.78 is 5.18. The van der Waals surface area contributed by atoms with E-state index >= 15 is 0 Å². The van der Waals surface area contributed by atoms with E-state index in [2.05, 4.69) is 0 Å². The van der Waals surface area contributed by atoms with Gasteiger partial charge in [-0.05, 0) is 38.0 Å². The monoisotopic (exact) mass is 277 g/mol. The summed E-state index contributed by atoms with van der Waals surface area (Å²) in [6.45, 7) is 3.03. The maximum absolute atomic E-state index is 12.0. The van der Waals surface area contributed by atoms with E-state index in [1.807, 2.05) is 0 Å². The highest BCUT2D eigenvalue weighted by Crippen LogP contribution is 2.18. The number of nitrogens with two attached hydrogens (primary N) is 2. The molecule has 0 aliphatic carbocycles. The summed E-state index contributed by atoms with van der Waals surface area (Å²) in [5, 5.41) is 0. The van der Waals surface area contributed by atoms with Gasteiger partial charge in [-0.25, -0.2) is 4.79 Å². The lowest BCUT2D eigenvalue weighted by Gasteiger charge is -2.20. The quantitative estimate of drug-likeness (QED) is 0.635. The van der Waals surface area contributed by atoms with E-state index in [0.717, 1.165) is 25.9 Å². The number of rotatable bonds is 3. The second-order valence-corrected chi connectivity index (χ2v) is 4.93. The van der Waals surface area contributed by atoms with Gasteiger partial charge in [-0.15, -0.1) is 0 Å².